The van der Waals surface area contributed by atoms with E-state index in [4.69, 9.17) is 4.74 Å². The summed E-state index contributed by atoms with van der Waals surface area (Å²) in [4.78, 5) is 46.3. The first kappa shape index (κ1) is 21.3. The van der Waals surface area contributed by atoms with Crippen LogP contribution in [0.15, 0.2) is 46.9 Å². The van der Waals surface area contributed by atoms with Gasteiger partial charge in [-0.25, -0.2) is 4.98 Å². The smallest absolute Gasteiger partial charge is 0.265 e. The number of thioether (sulfide) groups is 1. The Morgan fingerprint density at radius 3 is 2.87 bits per heavy atom. The summed E-state index contributed by atoms with van der Waals surface area (Å²) < 4.78 is 6.90. The largest absolute Gasteiger partial charge is 0.482 e. The minimum atomic E-state index is -0.246. The van der Waals surface area contributed by atoms with Crippen molar-refractivity contribution >= 4 is 50.7 Å². The molecule has 0 saturated carbocycles. The lowest BCUT2D eigenvalue weighted by molar-refractivity contribution is -0.121. The van der Waals surface area contributed by atoms with Crippen LogP contribution in [-0.4, -0.2) is 40.6 Å². The van der Waals surface area contributed by atoms with E-state index in [9.17, 15) is 14.4 Å². The molecule has 0 radical (unpaired) electrons. The van der Waals surface area contributed by atoms with E-state index in [1.165, 1.54) is 32.6 Å². The maximum atomic E-state index is 13.1. The third kappa shape index (κ3) is 3.90. The number of aromatic nitrogens is 2. The zero-order chi connectivity index (χ0) is 22.1. The molecule has 7 nitrogen and oxygen atoms in total. The molecular weight excluding hydrogens is 434 g/mol. The highest BCUT2D eigenvalue weighted by atomic mass is 32.2. The summed E-state index contributed by atoms with van der Waals surface area (Å²) in [7, 11) is 0. The number of carbonyl (C=O) groups excluding carboxylic acids is 2. The Bertz CT molecular complexity index is 1260. The van der Waals surface area contributed by atoms with Gasteiger partial charge in [-0.05, 0) is 36.9 Å². The molecule has 0 unspecified atom stereocenters. The van der Waals surface area contributed by atoms with E-state index in [2.05, 4.69) is 11.6 Å². The van der Waals surface area contributed by atoms with Crippen LogP contribution in [0.25, 0.3) is 10.2 Å². The van der Waals surface area contributed by atoms with Gasteiger partial charge in [0.15, 0.2) is 17.5 Å². The molecule has 0 N–H and O–H groups in total. The quantitative estimate of drug-likeness (QED) is 0.235. The van der Waals surface area contributed by atoms with Crippen molar-refractivity contribution < 1.29 is 14.3 Å². The van der Waals surface area contributed by atoms with Crippen LogP contribution in [0.5, 0.6) is 5.75 Å². The van der Waals surface area contributed by atoms with Crippen molar-refractivity contribution in [1.29, 1.82) is 0 Å². The lowest BCUT2D eigenvalue weighted by Crippen LogP contribution is -2.39. The number of carbonyl (C=O) groups is 2. The number of Topliss-reactive ketones (excluding diaryl/α,β-unsaturated/α-hetero) is 1. The first-order chi connectivity index (χ1) is 15.0. The van der Waals surface area contributed by atoms with Gasteiger partial charge >= 0.3 is 0 Å². The van der Waals surface area contributed by atoms with Gasteiger partial charge in [-0.3, -0.25) is 19.0 Å². The Hall–Kier alpha value is -2.91. The summed E-state index contributed by atoms with van der Waals surface area (Å²) in [5.41, 5.74) is 0.701. The molecule has 4 rings (SSSR count). The maximum absolute atomic E-state index is 13.1. The molecule has 1 amide bonds. The number of rotatable bonds is 7. The molecule has 0 bridgehead atoms. The number of ketones is 1. The number of ether oxygens (including phenoxy) is 1. The summed E-state index contributed by atoms with van der Waals surface area (Å²) in [5.74, 6) is 0.0917. The molecule has 0 aliphatic carbocycles. The zero-order valence-electron chi connectivity index (χ0n) is 17.2. The number of anilines is 1. The lowest BCUT2D eigenvalue weighted by atomic mass is 10.1. The van der Waals surface area contributed by atoms with Crippen LogP contribution in [0.3, 0.4) is 0 Å². The molecule has 0 saturated heterocycles. The predicted octanol–water partition coefficient (Wildman–Crippen LogP) is 3.54. The highest BCUT2D eigenvalue weighted by Crippen LogP contribution is 2.33. The Morgan fingerprint density at radius 2 is 2.16 bits per heavy atom. The second-order valence-corrected chi connectivity index (χ2v) is 8.85. The first-order valence-corrected chi connectivity index (χ1v) is 11.8. The van der Waals surface area contributed by atoms with Gasteiger partial charge in [-0.15, -0.1) is 17.9 Å². The summed E-state index contributed by atoms with van der Waals surface area (Å²) in [6, 6.07) is 6.82. The molecule has 1 aliphatic heterocycles. The zero-order valence-corrected chi connectivity index (χ0v) is 18.8. The highest BCUT2D eigenvalue weighted by Gasteiger charge is 2.26. The van der Waals surface area contributed by atoms with Crippen molar-refractivity contribution in [2.45, 2.75) is 25.0 Å². The standard InChI is InChI=1S/C22H21N3O4S2/c1-4-8-24-16-9-13(6-7-18(16)29-12-19(24)27)17(26)11-25-21(28)15-10-14(5-2)31-20(15)23-22(25)30-3/h4,6-7,9-10H,1,5,8,11-12H2,2-3H3. The second kappa shape index (κ2) is 8.68. The first-order valence-electron chi connectivity index (χ1n) is 9.75. The Kier molecular flexibility index (Phi) is 5.97. The van der Waals surface area contributed by atoms with Gasteiger partial charge in [-0.1, -0.05) is 24.8 Å². The fourth-order valence-corrected chi connectivity index (χ4v) is 5.02. The van der Waals surface area contributed by atoms with Crippen LogP contribution in [-0.2, 0) is 17.8 Å². The number of hydrogen-bond acceptors (Lipinski definition) is 7. The number of benzene rings is 1. The molecule has 1 aromatic carbocycles. The molecule has 0 spiro atoms. The number of hydrogen-bond donors (Lipinski definition) is 0. The van der Waals surface area contributed by atoms with E-state index in [0.717, 1.165) is 11.3 Å². The van der Waals surface area contributed by atoms with Crippen molar-refractivity contribution in [2.75, 3.05) is 24.3 Å². The van der Waals surface area contributed by atoms with Crippen LogP contribution in [0.1, 0.15) is 22.2 Å². The van der Waals surface area contributed by atoms with E-state index >= 15 is 0 Å². The van der Waals surface area contributed by atoms with Gasteiger partial charge in [-0.2, -0.15) is 0 Å². The van der Waals surface area contributed by atoms with Crippen LogP contribution in [0, 0.1) is 0 Å². The van der Waals surface area contributed by atoms with E-state index < -0.39 is 0 Å². The van der Waals surface area contributed by atoms with E-state index in [1.54, 1.807) is 24.3 Å². The van der Waals surface area contributed by atoms with Gasteiger partial charge < -0.3 is 9.64 Å². The molecule has 2 aromatic heterocycles. The summed E-state index contributed by atoms with van der Waals surface area (Å²) in [6.07, 6.45) is 4.28. The van der Waals surface area contributed by atoms with Crippen LogP contribution in [0.4, 0.5) is 5.69 Å². The third-order valence-corrected chi connectivity index (χ3v) is 6.89. The van der Waals surface area contributed by atoms with Gasteiger partial charge in [0.1, 0.15) is 10.6 Å². The Morgan fingerprint density at radius 1 is 1.35 bits per heavy atom. The fourth-order valence-electron chi connectivity index (χ4n) is 3.46. The van der Waals surface area contributed by atoms with Gasteiger partial charge in [0.2, 0.25) is 0 Å². The Balaban J connectivity index is 1.71. The van der Waals surface area contributed by atoms with Crippen molar-refractivity contribution in [3.8, 4) is 5.75 Å². The summed E-state index contributed by atoms with van der Waals surface area (Å²) in [6.45, 7) is 5.86. The Labute approximate surface area is 187 Å². The lowest BCUT2D eigenvalue weighted by Gasteiger charge is -2.28. The van der Waals surface area contributed by atoms with Crippen molar-refractivity contribution in [3.05, 3.63) is 57.7 Å². The number of fused-ring (bicyclic) bond motifs is 2. The third-order valence-electron chi connectivity index (χ3n) is 5.04. The van der Waals surface area contributed by atoms with Gasteiger partial charge in [0.25, 0.3) is 11.5 Å². The summed E-state index contributed by atoms with van der Waals surface area (Å²) >= 11 is 2.83. The van der Waals surface area contributed by atoms with Crippen molar-refractivity contribution in [2.24, 2.45) is 0 Å². The average molecular weight is 456 g/mol. The van der Waals surface area contributed by atoms with Crippen LogP contribution >= 0.6 is 23.1 Å². The summed E-state index contributed by atoms with van der Waals surface area (Å²) in [5, 5.41) is 1.04. The minimum absolute atomic E-state index is 0.0489. The second-order valence-electron chi connectivity index (χ2n) is 6.96. The molecule has 3 aromatic rings. The molecule has 0 atom stereocenters. The van der Waals surface area contributed by atoms with Crippen LogP contribution < -0.4 is 15.2 Å². The number of thiophene rings is 1. The van der Waals surface area contributed by atoms with Crippen LogP contribution in [0.2, 0.25) is 0 Å². The average Bonchev–Trinajstić information content (AvgIpc) is 3.20. The monoisotopic (exact) mass is 455 g/mol. The SMILES string of the molecule is C=CCN1C(=O)COc2ccc(C(=O)Cn3c(SC)nc4sc(CC)cc4c3=O)cc21. The number of amides is 1. The molecule has 160 valence electrons. The van der Waals surface area contributed by atoms with Gasteiger partial charge in [0.05, 0.1) is 17.6 Å². The van der Waals surface area contributed by atoms with E-state index in [0.29, 0.717) is 38.9 Å². The van der Waals surface area contributed by atoms with Crippen molar-refractivity contribution in [1.82, 2.24) is 9.55 Å². The maximum Gasteiger partial charge on any atom is 0.265 e. The normalized spacial score (nSPS) is 13.2. The molecule has 31 heavy (non-hydrogen) atoms. The highest BCUT2D eigenvalue weighted by molar-refractivity contribution is 7.98. The molecule has 0 fully saturated rings. The molecule has 1 aliphatic rings. The predicted molar refractivity (Wildman–Crippen MR) is 124 cm³/mol. The molecule has 9 heteroatoms. The fraction of sp³-hybridized carbons (Fsp3) is 0.273. The van der Waals surface area contributed by atoms with E-state index in [1.807, 2.05) is 19.2 Å². The van der Waals surface area contributed by atoms with Crippen molar-refractivity contribution in [3.63, 3.8) is 0 Å². The minimum Gasteiger partial charge on any atom is -0.482 e. The van der Waals surface area contributed by atoms with E-state index in [-0.39, 0.29) is 30.4 Å². The molecule has 3 heterocycles. The number of aryl methyl sites for hydroxylation is 1. The van der Waals surface area contributed by atoms with Gasteiger partial charge in [0, 0.05) is 17.0 Å². The molecular formula is C22H21N3O4S2. The number of nitrogens with zero attached hydrogens (tertiary/aromatic N) is 3. The topological polar surface area (TPSA) is 81.5 Å².